The molecule has 1 amide bonds. The maximum absolute atomic E-state index is 12.8. The summed E-state index contributed by atoms with van der Waals surface area (Å²) < 4.78 is 2.21. The van der Waals surface area contributed by atoms with E-state index in [0.717, 1.165) is 48.8 Å². The maximum atomic E-state index is 12.8. The van der Waals surface area contributed by atoms with Crippen LogP contribution in [0.3, 0.4) is 0 Å². The highest BCUT2D eigenvalue weighted by Crippen LogP contribution is 2.36. The highest BCUT2D eigenvalue weighted by Gasteiger charge is 2.30. The van der Waals surface area contributed by atoms with Crippen LogP contribution in [0.2, 0.25) is 0 Å². The molecule has 1 aromatic carbocycles. The summed E-state index contributed by atoms with van der Waals surface area (Å²) in [6.45, 7) is 0.955. The van der Waals surface area contributed by atoms with Crippen molar-refractivity contribution in [2.45, 2.75) is 61.5 Å². The minimum atomic E-state index is -0.275. The second kappa shape index (κ2) is 6.97. The summed E-state index contributed by atoms with van der Waals surface area (Å²) >= 11 is 1.53. The van der Waals surface area contributed by atoms with Crippen LogP contribution in [0.1, 0.15) is 48.7 Å². The molecule has 1 aliphatic heterocycles. The molecule has 2 aliphatic rings. The molecule has 0 spiro atoms. The molecule has 24 heavy (non-hydrogen) atoms. The van der Waals surface area contributed by atoms with Crippen molar-refractivity contribution in [2.75, 3.05) is 0 Å². The Labute approximate surface area is 146 Å². The van der Waals surface area contributed by atoms with E-state index in [1.807, 2.05) is 30.3 Å². The molecule has 0 bridgehead atoms. The van der Waals surface area contributed by atoms with E-state index in [1.165, 1.54) is 24.6 Å². The van der Waals surface area contributed by atoms with Gasteiger partial charge in [0.15, 0.2) is 5.16 Å². The summed E-state index contributed by atoms with van der Waals surface area (Å²) in [6.07, 6.45) is 6.74. The van der Waals surface area contributed by atoms with Crippen LogP contribution in [-0.2, 0) is 17.8 Å². The third-order valence-corrected chi connectivity index (χ3v) is 5.80. The van der Waals surface area contributed by atoms with Gasteiger partial charge in [0.2, 0.25) is 5.91 Å². The Bertz CT molecular complexity index is 711. The lowest BCUT2D eigenvalue weighted by molar-refractivity contribution is -0.120. The fourth-order valence-corrected chi connectivity index (χ4v) is 4.15. The highest BCUT2D eigenvalue weighted by atomic mass is 32.2. The van der Waals surface area contributed by atoms with Gasteiger partial charge in [-0.3, -0.25) is 4.79 Å². The molecule has 2 heterocycles. The average Bonchev–Trinajstić information content (AvgIpc) is 3.38. The number of benzene rings is 1. The molecule has 1 fully saturated rings. The smallest absolute Gasteiger partial charge is 0.238 e. The van der Waals surface area contributed by atoms with Crippen LogP contribution in [0, 0.1) is 0 Å². The molecular formula is C18H22N4OS. The summed E-state index contributed by atoms with van der Waals surface area (Å²) in [5, 5.41) is 12.5. The Kier molecular flexibility index (Phi) is 4.56. The fraction of sp³-hybridized carbons (Fsp3) is 0.500. The number of rotatable bonds is 5. The number of hydrogen-bond acceptors (Lipinski definition) is 4. The van der Waals surface area contributed by atoms with E-state index in [9.17, 15) is 4.79 Å². The standard InChI is InChI=1S/C18H22N4OS/c23-17(19-14-10-11-14)16(13-7-3-1-4-8-13)24-18-21-20-15-9-5-2-6-12-22(15)18/h1,3-4,7-8,14,16H,2,5-6,9-12H2,(H,19,23). The van der Waals surface area contributed by atoms with Crippen molar-refractivity contribution in [3.8, 4) is 0 Å². The van der Waals surface area contributed by atoms with Gasteiger partial charge in [0, 0.05) is 19.0 Å². The van der Waals surface area contributed by atoms with Gasteiger partial charge in [-0.2, -0.15) is 0 Å². The zero-order valence-corrected chi connectivity index (χ0v) is 14.5. The Morgan fingerprint density at radius 1 is 1.17 bits per heavy atom. The number of carbonyl (C=O) groups is 1. The quantitative estimate of drug-likeness (QED) is 0.848. The van der Waals surface area contributed by atoms with Gasteiger partial charge in [0.25, 0.3) is 0 Å². The second-order valence-corrected chi connectivity index (χ2v) is 7.62. The van der Waals surface area contributed by atoms with E-state index >= 15 is 0 Å². The number of amides is 1. The van der Waals surface area contributed by atoms with Crippen molar-refractivity contribution in [2.24, 2.45) is 0 Å². The summed E-state index contributed by atoms with van der Waals surface area (Å²) in [4.78, 5) is 12.8. The molecule has 1 saturated carbocycles. The average molecular weight is 342 g/mol. The van der Waals surface area contributed by atoms with Gasteiger partial charge in [-0.05, 0) is 31.2 Å². The molecule has 2 aromatic rings. The van der Waals surface area contributed by atoms with Crippen LogP contribution in [0.5, 0.6) is 0 Å². The molecule has 1 aliphatic carbocycles. The SMILES string of the molecule is O=C(NC1CC1)C(Sc1nnc2n1CCCCC2)c1ccccc1. The molecule has 1 unspecified atom stereocenters. The first-order chi connectivity index (χ1) is 11.8. The maximum Gasteiger partial charge on any atom is 0.238 e. The number of nitrogens with zero attached hydrogens (tertiary/aromatic N) is 3. The van der Waals surface area contributed by atoms with Crippen molar-refractivity contribution in [3.63, 3.8) is 0 Å². The van der Waals surface area contributed by atoms with E-state index in [1.54, 1.807) is 0 Å². The lowest BCUT2D eigenvalue weighted by atomic mass is 10.1. The predicted octanol–water partition coefficient (Wildman–Crippen LogP) is 3.12. The lowest BCUT2D eigenvalue weighted by Crippen LogP contribution is -2.30. The van der Waals surface area contributed by atoms with E-state index < -0.39 is 0 Å². The zero-order valence-electron chi connectivity index (χ0n) is 13.6. The summed E-state index contributed by atoms with van der Waals surface area (Å²) in [5.41, 5.74) is 1.02. The summed E-state index contributed by atoms with van der Waals surface area (Å²) in [7, 11) is 0. The van der Waals surface area contributed by atoms with Crippen molar-refractivity contribution >= 4 is 17.7 Å². The monoisotopic (exact) mass is 342 g/mol. The van der Waals surface area contributed by atoms with Crippen LogP contribution in [0.25, 0.3) is 0 Å². The van der Waals surface area contributed by atoms with Crippen LogP contribution >= 0.6 is 11.8 Å². The predicted molar refractivity (Wildman–Crippen MR) is 93.8 cm³/mol. The molecule has 1 atom stereocenters. The van der Waals surface area contributed by atoms with E-state index in [-0.39, 0.29) is 11.2 Å². The van der Waals surface area contributed by atoms with Crippen LogP contribution in [-0.4, -0.2) is 26.7 Å². The number of thioether (sulfide) groups is 1. The topological polar surface area (TPSA) is 59.8 Å². The van der Waals surface area contributed by atoms with Crippen LogP contribution in [0.4, 0.5) is 0 Å². The third kappa shape index (κ3) is 3.48. The summed E-state index contributed by atoms with van der Waals surface area (Å²) in [6, 6.07) is 10.3. The Morgan fingerprint density at radius 2 is 2.00 bits per heavy atom. The van der Waals surface area contributed by atoms with Gasteiger partial charge in [-0.15, -0.1) is 10.2 Å². The van der Waals surface area contributed by atoms with Crippen molar-refractivity contribution in [1.82, 2.24) is 20.1 Å². The number of hydrogen-bond donors (Lipinski definition) is 1. The number of fused-ring (bicyclic) bond motifs is 1. The van der Waals surface area contributed by atoms with Crippen molar-refractivity contribution < 1.29 is 4.79 Å². The molecule has 126 valence electrons. The molecule has 1 aromatic heterocycles. The Morgan fingerprint density at radius 3 is 2.79 bits per heavy atom. The van der Waals surface area contributed by atoms with Gasteiger partial charge in [0.1, 0.15) is 11.1 Å². The fourth-order valence-electron chi connectivity index (χ4n) is 3.06. The first-order valence-corrected chi connectivity index (χ1v) is 9.63. The largest absolute Gasteiger partial charge is 0.352 e. The lowest BCUT2D eigenvalue weighted by Gasteiger charge is -2.17. The number of aryl methyl sites for hydroxylation is 1. The first-order valence-electron chi connectivity index (χ1n) is 8.75. The molecule has 4 rings (SSSR count). The minimum Gasteiger partial charge on any atom is -0.352 e. The van der Waals surface area contributed by atoms with Crippen molar-refractivity contribution in [1.29, 1.82) is 0 Å². The number of carbonyl (C=O) groups excluding carboxylic acids is 1. The Hall–Kier alpha value is -1.82. The molecular weight excluding hydrogens is 320 g/mol. The summed E-state index contributed by atoms with van der Waals surface area (Å²) in [5.74, 6) is 1.14. The normalized spacial score (nSPS) is 18.5. The van der Waals surface area contributed by atoms with E-state index in [4.69, 9.17) is 0 Å². The van der Waals surface area contributed by atoms with E-state index in [0.29, 0.717) is 6.04 Å². The first kappa shape index (κ1) is 15.7. The van der Waals surface area contributed by atoms with Gasteiger partial charge in [-0.25, -0.2) is 0 Å². The third-order valence-electron chi connectivity index (χ3n) is 4.56. The van der Waals surface area contributed by atoms with Gasteiger partial charge in [0.05, 0.1) is 0 Å². The number of nitrogens with one attached hydrogen (secondary N) is 1. The van der Waals surface area contributed by atoms with Crippen LogP contribution < -0.4 is 5.32 Å². The van der Waals surface area contributed by atoms with Gasteiger partial charge in [-0.1, -0.05) is 48.5 Å². The zero-order chi connectivity index (χ0) is 16.4. The van der Waals surface area contributed by atoms with Crippen LogP contribution in [0.15, 0.2) is 35.5 Å². The molecule has 5 nitrogen and oxygen atoms in total. The van der Waals surface area contributed by atoms with Gasteiger partial charge < -0.3 is 9.88 Å². The molecule has 6 heteroatoms. The molecule has 1 N–H and O–H groups in total. The highest BCUT2D eigenvalue weighted by molar-refractivity contribution is 8.00. The minimum absolute atomic E-state index is 0.0830. The molecule has 0 radical (unpaired) electrons. The molecule has 0 saturated heterocycles. The second-order valence-electron chi connectivity index (χ2n) is 6.55. The Balaban J connectivity index is 1.59. The van der Waals surface area contributed by atoms with Crippen molar-refractivity contribution in [3.05, 3.63) is 41.7 Å². The van der Waals surface area contributed by atoms with Gasteiger partial charge >= 0.3 is 0 Å². The van der Waals surface area contributed by atoms with E-state index in [2.05, 4.69) is 20.1 Å². The number of aromatic nitrogens is 3.